The Kier molecular flexibility index (Phi) is 2.11. The van der Waals surface area contributed by atoms with E-state index in [1.165, 1.54) is 14.1 Å². The molecule has 0 fully saturated rings. The van der Waals surface area contributed by atoms with Gasteiger partial charge in [-0.2, -0.15) is 0 Å². The molecule has 3 aromatic heterocycles. The van der Waals surface area contributed by atoms with Gasteiger partial charge in [0, 0.05) is 14.1 Å². The first-order valence-corrected chi connectivity index (χ1v) is 6.55. The number of hydrogen-bond acceptors (Lipinski definition) is 6. The second kappa shape index (κ2) is 3.36. The maximum atomic E-state index is 11.8. The molecular weight excluding hydrogens is 276 g/mol. The van der Waals surface area contributed by atoms with E-state index in [1.54, 1.807) is 0 Å². The van der Waals surface area contributed by atoms with Gasteiger partial charge >= 0.3 is 0 Å². The molecule has 92 valence electrons. The van der Waals surface area contributed by atoms with Crippen molar-refractivity contribution < 1.29 is 0 Å². The second-order valence-electron chi connectivity index (χ2n) is 3.86. The molecule has 0 atom stereocenters. The molecule has 3 rings (SSSR count). The standard InChI is InChI=1S/C10H6N2O4S2/c1-11-7(13)3-4(8(11)14)18-6-5(17-3)9(15)12(2)10(6)16/h1-2H3. The maximum absolute atomic E-state index is 11.8. The Labute approximate surface area is 106 Å². The van der Waals surface area contributed by atoms with Crippen molar-refractivity contribution in [2.24, 2.45) is 14.1 Å². The highest BCUT2D eigenvalue weighted by molar-refractivity contribution is 7.36. The number of fused-ring (bicyclic) bond motifs is 2. The van der Waals surface area contributed by atoms with Crippen LogP contribution in [0.15, 0.2) is 19.2 Å². The van der Waals surface area contributed by atoms with Crippen LogP contribution in [0.1, 0.15) is 0 Å². The summed E-state index contributed by atoms with van der Waals surface area (Å²) in [4.78, 5) is 47.2. The fourth-order valence-corrected chi connectivity index (χ4v) is 4.27. The molecule has 8 heteroatoms. The minimum atomic E-state index is -0.422. The third-order valence-electron chi connectivity index (χ3n) is 2.82. The van der Waals surface area contributed by atoms with Gasteiger partial charge < -0.3 is 0 Å². The molecule has 0 amide bonds. The van der Waals surface area contributed by atoms with E-state index in [-0.39, 0.29) is 18.8 Å². The normalized spacial score (nSPS) is 11.7. The Morgan fingerprint density at radius 3 is 1.06 bits per heavy atom. The highest BCUT2D eigenvalue weighted by atomic mass is 32.1. The van der Waals surface area contributed by atoms with Crippen LogP contribution < -0.4 is 22.2 Å². The van der Waals surface area contributed by atoms with Crippen LogP contribution in [-0.4, -0.2) is 9.13 Å². The van der Waals surface area contributed by atoms with Crippen molar-refractivity contribution in [1.82, 2.24) is 9.13 Å². The van der Waals surface area contributed by atoms with Crippen molar-refractivity contribution in [2.45, 2.75) is 0 Å². The predicted molar refractivity (Wildman–Crippen MR) is 71.4 cm³/mol. The topological polar surface area (TPSA) is 78.1 Å². The zero-order chi connectivity index (χ0) is 13.2. The van der Waals surface area contributed by atoms with Crippen LogP contribution >= 0.6 is 22.7 Å². The number of aromatic nitrogens is 2. The first kappa shape index (κ1) is 11.3. The summed E-state index contributed by atoms with van der Waals surface area (Å²) in [7, 11) is 2.76. The molecule has 0 spiro atoms. The lowest BCUT2D eigenvalue weighted by Crippen LogP contribution is -2.21. The third-order valence-corrected chi connectivity index (χ3v) is 5.41. The van der Waals surface area contributed by atoms with E-state index in [9.17, 15) is 19.2 Å². The van der Waals surface area contributed by atoms with Crippen molar-refractivity contribution >= 4 is 41.5 Å². The van der Waals surface area contributed by atoms with E-state index in [0.29, 0.717) is 0 Å². The molecule has 0 unspecified atom stereocenters. The molecule has 0 bridgehead atoms. The minimum Gasteiger partial charge on any atom is -0.276 e. The van der Waals surface area contributed by atoms with Crippen molar-refractivity contribution in [3.8, 4) is 0 Å². The van der Waals surface area contributed by atoms with Crippen molar-refractivity contribution in [3.63, 3.8) is 0 Å². The lowest BCUT2D eigenvalue weighted by Gasteiger charge is -1.84. The van der Waals surface area contributed by atoms with Gasteiger partial charge in [0.15, 0.2) is 0 Å². The highest BCUT2D eigenvalue weighted by Gasteiger charge is 2.18. The summed E-state index contributed by atoms with van der Waals surface area (Å²) in [6.45, 7) is 0. The molecular formula is C10H6N2O4S2. The summed E-state index contributed by atoms with van der Waals surface area (Å²) < 4.78 is 2.94. The van der Waals surface area contributed by atoms with E-state index in [0.717, 1.165) is 31.8 Å². The molecule has 6 nitrogen and oxygen atoms in total. The lowest BCUT2D eigenvalue weighted by molar-refractivity contribution is 0.857. The largest absolute Gasteiger partial charge is 0.276 e. The molecule has 0 aliphatic heterocycles. The van der Waals surface area contributed by atoms with E-state index >= 15 is 0 Å². The lowest BCUT2D eigenvalue weighted by atomic mass is 10.6. The maximum Gasteiger partial charge on any atom is 0.272 e. The van der Waals surface area contributed by atoms with Crippen LogP contribution in [0.5, 0.6) is 0 Å². The van der Waals surface area contributed by atoms with E-state index < -0.39 is 22.2 Å². The van der Waals surface area contributed by atoms with Gasteiger partial charge in [0.1, 0.15) is 18.8 Å². The van der Waals surface area contributed by atoms with Crippen LogP contribution in [0.25, 0.3) is 18.8 Å². The fraction of sp³-hybridized carbons (Fsp3) is 0.200. The van der Waals surface area contributed by atoms with Gasteiger partial charge in [-0.05, 0) is 0 Å². The van der Waals surface area contributed by atoms with Crippen LogP contribution in [0.2, 0.25) is 0 Å². The number of rotatable bonds is 0. The summed E-state index contributed by atoms with van der Waals surface area (Å²) in [6.07, 6.45) is 0. The zero-order valence-corrected chi connectivity index (χ0v) is 11.0. The van der Waals surface area contributed by atoms with E-state index in [4.69, 9.17) is 0 Å². The summed E-state index contributed by atoms with van der Waals surface area (Å²) in [6, 6.07) is 0. The van der Waals surface area contributed by atoms with Gasteiger partial charge in [-0.15, -0.1) is 22.7 Å². The molecule has 0 N–H and O–H groups in total. The summed E-state index contributed by atoms with van der Waals surface area (Å²) >= 11 is 1.84. The Morgan fingerprint density at radius 1 is 0.611 bits per heavy atom. The van der Waals surface area contributed by atoms with Gasteiger partial charge in [0.05, 0.1) is 0 Å². The second-order valence-corrected chi connectivity index (χ2v) is 5.90. The van der Waals surface area contributed by atoms with Gasteiger partial charge in [0.2, 0.25) is 0 Å². The third kappa shape index (κ3) is 1.16. The van der Waals surface area contributed by atoms with Crippen molar-refractivity contribution in [3.05, 3.63) is 41.4 Å². The van der Waals surface area contributed by atoms with Gasteiger partial charge in [-0.1, -0.05) is 0 Å². The molecule has 0 aliphatic rings. The Bertz CT molecular complexity index is 862. The summed E-state index contributed by atoms with van der Waals surface area (Å²) in [5.74, 6) is 0. The molecule has 3 heterocycles. The molecule has 0 aromatic carbocycles. The Balaban J connectivity index is 2.78. The quantitative estimate of drug-likeness (QED) is 0.566. The summed E-state index contributed by atoms with van der Waals surface area (Å²) in [5.41, 5.74) is -1.69. The van der Waals surface area contributed by atoms with Gasteiger partial charge in [0.25, 0.3) is 22.2 Å². The first-order chi connectivity index (χ1) is 8.43. The first-order valence-electron chi connectivity index (χ1n) is 4.92. The smallest absolute Gasteiger partial charge is 0.272 e. The SMILES string of the molecule is Cn1c(=O)c2sc3c(=O)n(C)c(=O)c3sc2c1=O. The zero-order valence-electron chi connectivity index (χ0n) is 9.34. The molecule has 18 heavy (non-hydrogen) atoms. The molecule has 0 aliphatic carbocycles. The molecule has 3 aromatic rings. The van der Waals surface area contributed by atoms with E-state index in [2.05, 4.69) is 0 Å². The van der Waals surface area contributed by atoms with Crippen molar-refractivity contribution in [1.29, 1.82) is 0 Å². The van der Waals surface area contributed by atoms with Gasteiger partial charge in [-0.3, -0.25) is 28.3 Å². The average molecular weight is 282 g/mol. The Hall–Kier alpha value is -1.80. The molecule has 0 saturated heterocycles. The van der Waals surface area contributed by atoms with Crippen LogP contribution in [0.4, 0.5) is 0 Å². The van der Waals surface area contributed by atoms with E-state index in [1.807, 2.05) is 0 Å². The van der Waals surface area contributed by atoms with Crippen molar-refractivity contribution in [2.75, 3.05) is 0 Å². The predicted octanol–water partition coefficient (Wildman–Crippen LogP) is -0.328. The van der Waals surface area contributed by atoms with Crippen LogP contribution in [-0.2, 0) is 14.1 Å². The Morgan fingerprint density at radius 2 is 0.833 bits per heavy atom. The monoisotopic (exact) mass is 282 g/mol. The van der Waals surface area contributed by atoms with Crippen LogP contribution in [0.3, 0.4) is 0 Å². The fourth-order valence-electron chi connectivity index (χ4n) is 1.75. The van der Waals surface area contributed by atoms with Gasteiger partial charge in [-0.25, -0.2) is 0 Å². The summed E-state index contributed by atoms with van der Waals surface area (Å²) in [5, 5.41) is 0. The molecule has 0 radical (unpaired) electrons. The average Bonchev–Trinajstić information content (AvgIpc) is 2.71. The van der Waals surface area contributed by atoms with Crippen LogP contribution in [0, 0.1) is 0 Å². The molecule has 0 saturated carbocycles. The number of nitrogens with zero attached hydrogens (tertiary/aromatic N) is 2. The highest BCUT2D eigenvalue weighted by Crippen LogP contribution is 2.25. The number of hydrogen-bond donors (Lipinski definition) is 0. The minimum absolute atomic E-state index is 0.239.